The fraction of sp³-hybridized carbons (Fsp3) is 0.368. The highest BCUT2D eigenvalue weighted by Gasteiger charge is 2.07. The summed E-state index contributed by atoms with van der Waals surface area (Å²) >= 11 is 0. The highest BCUT2D eigenvalue weighted by molar-refractivity contribution is 5.48. The summed E-state index contributed by atoms with van der Waals surface area (Å²) in [5.41, 5.74) is 6.54. The zero-order valence-corrected chi connectivity index (χ0v) is 13.8. The van der Waals surface area contributed by atoms with E-state index in [1.54, 1.807) is 0 Å². The van der Waals surface area contributed by atoms with Gasteiger partial charge in [-0.05, 0) is 69.3 Å². The lowest BCUT2D eigenvalue weighted by Gasteiger charge is -2.18. The Morgan fingerprint density at radius 2 is 1.76 bits per heavy atom. The van der Waals surface area contributed by atoms with Crippen molar-refractivity contribution in [1.82, 2.24) is 4.90 Å². The third-order valence-electron chi connectivity index (χ3n) is 3.84. The summed E-state index contributed by atoms with van der Waals surface area (Å²) in [6.07, 6.45) is 0. The summed E-state index contributed by atoms with van der Waals surface area (Å²) in [5, 5.41) is 3.60. The number of anilines is 1. The van der Waals surface area contributed by atoms with Gasteiger partial charge >= 0.3 is 0 Å². The van der Waals surface area contributed by atoms with Crippen LogP contribution in [0.4, 0.5) is 5.69 Å². The molecule has 1 unspecified atom stereocenters. The Balaban J connectivity index is 2.11. The van der Waals surface area contributed by atoms with Crippen LogP contribution in [0.1, 0.15) is 35.2 Å². The van der Waals surface area contributed by atoms with E-state index in [0.29, 0.717) is 6.04 Å². The van der Waals surface area contributed by atoms with Crippen LogP contribution in [-0.2, 0) is 6.54 Å². The topological polar surface area (TPSA) is 15.3 Å². The lowest BCUT2D eigenvalue weighted by atomic mass is 10.0. The molecule has 0 saturated heterocycles. The second-order valence-electron chi connectivity index (χ2n) is 6.15. The summed E-state index contributed by atoms with van der Waals surface area (Å²) in [6.45, 7) is 7.50. The molecule has 1 N–H and O–H groups in total. The molecule has 0 aromatic heterocycles. The first-order valence-corrected chi connectivity index (χ1v) is 7.53. The molecule has 112 valence electrons. The quantitative estimate of drug-likeness (QED) is 0.866. The van der Waals surface area contributed by atoms with Crippen LogP contribution >= 0.6 is 0 Å². The minimum atomic E-state index is 0.305. The predicted octanol–water partition coefficient (Wildman–Crippen LogP) is 4.54. The van der Waals surface area contributed by atoms with Crippen molar-refractivity contribution in [3.05, 3.63) is 64.7 Å². The van der Waals surface area contributed by atoms with Crippen LogP contribution in [0.15, 0.2) is 42.5 Å². The van der Waals surface area contributed by atoms with E-state index < -0.39 is 0 Å². The number of nitrogens with one attached hydrogen (secondary N) is 1. The molecule has 0 amide bonds. The molecular weight excluding hydrogens is 256 g/mol. The average Bonchev–Trinajstić information content (AvgIpc) is 2.41. The van der Waals surface area contributed by atoms with E-state index in [1.807, 2.05) is 0 Å². The van der Waals surface area contributed by atoms with E-state index >= 15 is 0 Å². The number of aryl methyl sites for hydroxylation is 2. The van der Waals surface area contributed by atoms with Gasteiger partial charge in [0.2, 0.25) is 0 Å². The predicted molar refractivity (Wildman–Crippen MR) is 91.8 cm³/mol. The standard InChI is InChI=1S/C19H26N2/c1-14-9-10-18(11-15(14)2)16(3)20-19-8-6-7-17(12-19)13-21(4)5/h6-12,16,20H,13H2,1-5H3. The summed E-state index contributed by atoms with van der Waals surface area (Å²) in [4.78, 5) is 2.19. The Bertz CT molecular complexity index is 602. The molecule has 0 saturated carbocycles. The third-order valence-corrected chi connectivity index (χ3v) is 3.84. The number of rotatable bonds is 5. The van der Waals surface area contributed by atoms with Crippen molar-refractivity contribution in [1.29, 1.82) is 0 Å². The monoisotopic (exact) mass is 282 g/mol. The molecule has 0 bridgehead atoms. The van der Waals surface area contributed by atoms with Crippen molar-refractivity contribution in [2.24, 2.45) is 0 Å². The van der Waals surface area contributed by atoms with Gasteiger partial charge in [-0.15, -0.1) is 0 Å². The summed E-state index contributed by atoms with van der Waals surface area (Å²) < 4.78 is 0. The third kappa shape index (κ3) is 4.33. The van der Waals surface area contributed by atoms with Crippen LogP contribution in [0.2, 0.25) is 0 Å². The van der Waals surface area contributed by atoms with Gasteiger partial charge in [0.25, 0.3) is 0 Å². The minimum absolute atomic E-state index is 0.305. The fourth-order valence-corrected chi connectivity index (χ4v) is 2.49. The average molecular weight is 282 g/mol. The van der Waals surface area contributed by atoms with E-state index in [-0.39, 0.29) is 0 Å². The Kier molecular flexibility index (Phi) is 5.03. The van der Waals surface area contributed by atoms with E-state index in [2.05, 4.69) is 87.5 Å². The largest absolute Gasteiger partial charge is 0.379 e. The van der Waals surface area contributed by atoms with Gasteiger partial charge < -0.3 is 10.2 Å². The second kappa shape index (κ2) is 6.77. The maximum absolute atomic E-state index is 3.60. The molecular formula is C19H26N2. The Hall–Kier alpha value is -1.80. The highest BCUT2D eigenvalue weighted by atomic mass is 15.0. The van der Waals surface area contributed by atoms with Crippen LogP contribution < -0.4 is 5.32 Å². The van der Waals surface area contributed by atoms with Crippen LogP contribution in [0.5, 0.6) is 0 Å². The van der Waals surface area contributed by atoms with Gasteiger partial charge in [0, 0.05) is 18.3 Å². The number of benzene rings is 2. The van der Waals surface area contributed by atoms with Crippen LogP contribution in [0.3, 0.4) is 0 Å². The van der Waals surface area contributed by atoms with E-state index in [9.17, 15) is 0 Å². The first-order valence-electron chi connectivity index (χ1n) is 7.53. The molecule has 2 nitrogen and oxygen atoms in total. The van der Waals surface area contributed by atoms with Gasteiger partial charge in [-0.25, -0.2) is 0 Å². The summed E-state index contributed by atoms with van der Waals surface area (Å²) in [5.74, 6) is 0. The lowest BCUT2D eigenvalue weighted by molar-refractivity contribution is 0.402. The Morgan fingerprint density at radius 1 is 1.00 bits per heavy atom. The summed E-state index contributed by atoms with van der Waals surface area (Å²) in [7, 11) is 4.19. The van der Waals surface area contributed by atoms with E-state index in [1.165, 1.54) is 27.9 Å². The molecule has 2 aromatic rings. The van der Waals surface area contributed by atoms with Crippen molar-refractivity contribution in [3.63, 3.8) is 0 Å². The number of hydrogen-bond donors (Lipinski definition) is 1. The molecule has 1 atom stereocenters. The van der Waals surface area contributed by atoms with Crippen molar-refractivity contribution in [2.75, 3.05) is 19.4 Å². The van der Waals surface area contributed by atoms with Gasteiger partial charge in [0.1, 0.15) is 0 Å². The van der Waals surface area contributed by atoms with Gasteiger partial charge in [0.15, 0.2) is 0 Å². The first-order chi connectivity index (χ1) is 9.95. The molecule has 2 aromatic carbocycles. The SMILES string of the molecule is Cc1ccc(C(C)Nc2cccc(CN(C)C)c2)cc1C. The molecule has 0 heterocycles. The number of hydrogen-bond acceptors (Lipinski definition) is 2. The molecule has 2 heteroatoms. The van der Waals surface area contributed by atoms with E-state index in [4.69, 9.17) is 0 Å². The van der Waals surface area contributed by atoms with Crippen LogP contribution in [-0.4, -0.2) is 19.0 Å². The van der Waals surface area contributed by atoms with Crippen molar-refractivity contribution >= 4 is 5.69 Å². The Labute approximate surface area is 128 Å². The van der Waals surface area contributed by atoms with E-state index in [0.717, 1.165) is 6.54 Å². The van der Waals surface area contributed by atoms with Crippen LogP contribution in [0, 0.1) is 13.8 Å². The number of nitrogens with zero attached hydrogens (tertiary/aromatic N) is 1. The molecule has 2 rings (SSSR count). The maximum atomic E-state index is 3.60. The first kappa shape index (κ1) is 15.6. The van der Waals surface area contributed by atoms with Crippen molar-refractivity contribution in [3.8, 4) is 0 Å². The van der Waals surface area contributed by atoms with Gasteiger partial charge in [-0.1, -0.05) is 30.3 Å². The van der Waals surface area contributed by atoms with Crippen molar-refractivity contribution in [2.45, 2.75) is 33.4 Å². The molecule has 0 aliphatic heterocycles. The molecule has 21 heavy (non-hydrogen) atoms. The lowest BCUT2D eigenvalue weighted by Crippen LogP contribution is -2.11. The fourth-order valence-electron chi connectivity index (χ4n) is 2.49. The van der Waals surface area contributed by atoms with Gasteiger partial charge in [-0.3, -0.25) is 0 Å². The normalized spacial score (nSPS) is 12.5. The zero-order valence-electron chi connectivity index (χ0n) is 13.8. The van der Waals surface area contributed by atoms with Gasteiger partial charge in [0.05, 0.1) is 0 Å². The molecule has 0 aliphatic rings. The van der Waals surface area contributed by atoms with Gasteiger partial charge in [-0.2, -0.15) is 0 Å². The molecule has 0 radical (unpaired) electrons. The van der Waals surface area contributed by atoms with Crippen LogP contribution in [0.25, 0.3) is 0 Å². The maximum Gasteiger partial charge on any atom is 0.0485 e. The molecule has 0 aliphatic carbocycles. The zero-order chi connectivity index (χ0) is 15.4. The minimum Gasteiger partial charge on any atom is -0.379 e. The van der Waals surface area contributed by atoms with Crippen molar-refractivity contribution < 1.29 is 0 Å². The molecule has 0 spiro atoms. The molecule has 0 fully saturated rings. The summed E-state index contributed by atoms with van der Waals surface area (Å²) in [6, 6.07) is 15.7. The smallest absolute Gasteiger partial charge is 0.0485 e. The highest BCUT2D eigenvalue weighted by Crippen LogP contribution is 2.22. The Morgan fingerprint density at radius 3 is 2.43 bits per heavy atom. The second-order valence-corrected chi connectivity index (χ2v) is 6.15.